The van der Waals surface area contributed by atoms with Gasteiger partial charge in [-0.3, -0.25) is 4.79 Å². The third-order valence-electron chi connectivity index (χ3n) is 4.27. The molecule has 3 rings (SSSR count). The lowest BCUT2D eigenvalue weighted by molar-refractivity contribution is 0.0947. The number of carbonyl (C=O) groups is 1. The molecule has 4 nitrogen and oxygen atoms in total. The van der Waals surface area contributed by atoms with Gasteiger partial charge in [0.25, 0.3) is 5.91 Å². The Morgan fingerprint density at radius 3 is 2.57 bits per heavy atom. The van der Waals surface area contributed by atoms with Crippen molar-refractivity contribution in [2.75, 3.05) is 25.4 Å². The molecule has 3 N–H and O–H groups in total. The van der Waals surface area contributed by atoms with Crippen molar-refractivity contribution in [2.45, 2.75) is 25.3 Å². The van der Waals surface area contributed by atoms with Gasteiger partial charge in [0.1, 0.15) is 0 Å². The van der Waals surface area contributed by atoms with Gasteiger partial charge in [0.15, 0.2) is 0 Å². The molecule has 0 bridgehead atoms. The number of nitrogens with two attached hydrogens (primary N) is 1. The highest BCUT2D eigenvalue weighted by Gasteiger charge is 2.34. The number of carbonyl (C=O) groups excluding carboxylic acids is 1. The second-order valence-electron chi connectivity index (χ2n) is 5.94. The number of rotatable bonds is 4. The number of nitrogens with one attached hydrogen (secondary N) is 1. The molecule has 2 aliphatic rings. The van der Waals surface area contributed by atoms with Crippen LogP contribution < -0.4 is 11.1 Å². The maximum absolute atomic E-state index is 12.2. The van der Waals surface area contributed by atoms with Gasteiger partial charge in [-0.15, -0.1) is 0 Å². The van der Waals surface area contributed by atoms with Crippen molar-refractivity contribution in [3.8, 4) is 0 Å². The Hall–Kier alpha value is -0.970. The first-order valence-electron chi connectivity index (χ1n) is 7.31. The van der Waals surface area contributed by atoms with Crippen LogP contribution in [0.2, 0.25) is 10.0 Å². The Balaban J connectivity index is 1.54. The molecule has 1 aromatic rings. The lowest BCUT2D eigenvalue weighted by Gasteiger charge is -2.15. The number of anilines is 1. The van der Waals surface area contributed by atoms with Crippen LogP contribution in [-0.2, 0) is 0 Å². The summed E-state index contributed by atoms with van der Waals surface area (Å²) in [5.41, 5.74) is 6.44. The minimum atomic E-state index is -0.149. The van der Waals surface area contributed by atoms with Crippen molar-refractivity contribution in [3.05, 3.63) is 27.7 Å². The van der Waals surface area contributed by atoms with Crippen LogP contribution in [0.15, 0.2) is 12.1 Å². The van der Waals surface area contributed by atoms with Gasteiger partial charge >= 0.3 is 0 Å². The Morgan fingerprint density at radius 2 is 1.95 bits per heavy atom. The van der Waals surface area contributed by atoms with Crippen LogP contribution >= 0.6 is 23.2 Å². The standard InChI is InChI=1S/C15H19Cl2N3O/c16-12-5-10(6-13(17)14(12)18)15(21)19-7-9-3-4-20(8-9)11-1-2-11/h5-6,9,11H,1-4,7-8,18H2,(H,19,21). The van der Waals surface area contributed by atoms with E-state index >= 15 is 0 Å². The summed E-state index contributed by atoms with van der Waals surface area (Å²) in [5, 5.41) is 3.60. The fraction of sp³-hybridized carbons (Fsp3) is 0.533. The molecule has 6 heteroatoms. The van der Waals surface area contributed by atoms with Gasteiger partial charge in [-0.25, -0.2) is 0 Å². The number of hydrogen-bond acceptors (Lipinski definition) is 3. The third kappa shape index (κ3) is 3.44. The molecule has 1 atom stereocenters. The van der Waals surface area contributed by atoms with Gasteiger partial charge in [-0.05, 0) is 43.9 Å². The largest absolute Gasteiger partial charge is 0.396 e. The normalized spacial score (nSPS) is 22.5. The smallest absolute Gasteiger partial charge is 0.251 e. The second-order valence-corrected chi connectivity index (χ2v) is 6.76. The van der Waals surface area contributed by atoms with Crippen LogP contribution in [0.25, 0.3) is 0 Å². The van der Waals surface area contributed by atoms with E-state index in [0.29, 0.717) is 33.8 Å². The summed E-state index contributed by atoms with van der Waals surface area (Å²) in [4.78, 5) is 14.7. The fourth-order valence-corrected chi connectivity index (χ4v) is 3.34. The molecule has 1 saturated carbocycles. The number of nitrogens with zero attached hydrogens (tertiary/aromatic N) is 1. The average molecular weight is 328 g/mol. The summed E-state index contributed by atoms with van der Waals surface area (Å²) in [5.74, 6) is 0.387. The number of amides is 1. The van der Waals surface area contributed by atoms with E-state index < -0.39 is 0 Å². The molecule has 2 fully saturated rings. The highest BCUT2D eigenvalue weighted by atomic mass is 35.5. The molecule has 1 aliphatic carbocycles. The van der Waals surface area contributed by atoms with Crippen molar-refractivity contribution < 1.29 is 4.79 Å². The molecule has 1 heterocycles. The fourth-order valence-electron chi connectivity index (χ4n) is 2.86. The molecule has 1 aromatic carbocycles. The molecular formula is C15H19Cl2N3O. The van der Waals surface area contributed by atoms with E-state index in [1.807, 2.05) is 0 Å². The van der Waals surface area contributed by atoms with Crippen LogP contribution in [0.3, 0.4) is 0 Å². The van der Waals surface area contributed by atoms with Gasteiger partial charge in [-0.1, -0.05) is 23.2 Å². The SMILES string of the molecule is Nc1c(Cl)cc(C(=O)NCC2CCN(C3CC3)C2)cc1Cl. The van der Waals surface area contributed by atoms with Crippen LogP contribution in [0.5, 0.6) is 0 Å². The zero-order valence-electron chi connectivity index (χ0n) is 11.7. The molecule has 1 aliphatic heterocycles. The lowest BCUT2D eigenvalue weighted by Crippen LogP contribution is -2.31. The molecule has 21 heavy (non-hydrogen) atoms. The topological polar surface area (TPSA) is 58.4 Å². The van der Waals surface area contributed by atoms with Crippen LogP contribution in [0, 0.1) is 5.92 Å². The quantitative estimate of drug-likeness (QED) is 0.836. The van der Waals surface area contributed by atoms with Gasteiger partial charge < -0.3 is 16.0 Å². The Kier molecular flexibility index (Phi) is 4.29. The summed E-state index contributed by atoms with van der Waals surface area (Å²) >= 11 is 11.9. The number of hydrogen-bond donors (Lipinski definition) is 2. The highest BCUT2D eigenvalue weighted by molar-refractivity contribution is 6.39. The van der Waals surface area contributed by atoms with Crippen LogP contribution in [0.4, 0.5) is 5.69 Å². The second kappa shape index (κ2) is 6.03. The predicted molar refractivity (Wildman–Crippen MR) is 85.9 cm³/mol. The molecule has 1 amide bonds. The van der Waals surface area contributed by atoms with E-state index in [1.54, 1.807) is 12.1 Å². The number of nitrogen functional groups attached to an aromatic ring is 1. The first-order chi connectivity index (χ1) is 10.0. The summed E-state index contributed by atoms with van der Waals surface area (Å²) in [6.07, 6.45) is 3.82. The van der Waals surface area contributed by atoms with Crippen LogP contribution in [0.1, 0.15) is 29.6 Å². The van der Waals surface area contributed by atoms with Crippen molar-refractivity contribution in [2.24, 2.45) is 5.92 Å². The zero-order chi connectivity index (χ0) is 15.0. The predicted octanol–water partition coefficient (Wildman–Crippen LogP) is 2.79. The Bertz CT molecular complexity index is 537. The lowest BCUT2D eigenvalue weighted by atomic mass is 10.1. The zero-order valence-corrected chi connectivity index (χ0v) is 13.3. The summed E-state index contributed by atoms with van der Waals surface area (Å²) < 4.78 is 0. The monoisotopic (exact) mass is 327 g/mol. The highest BCUT2D eigenvalue weighted by Crippen LogP contribution is 2.31. The molecule has 0 radical (unpaired) electrons. The average Bonchev–Trinajstić information content (AvgIpc) is 3.21. The van der Waals surface area contributed by atoms with Crippen LogP contribution in [-0.4, -0.2) is 36.5 Å². The van der Waals surface area contributed by atoms with Crippen molar-refractivity contribution >= 4 is 34.8 Å². The van der Waals surface area contributed by atoms with Crippen molar-refractivity contribution in [1.82, 2.24) is 10.2 Å². The minimum Gasteiger partial charge on any atom is -0.396 e. The number of likely N-dealkylation sites (tertiary alicyclic amines) is 1. The van der Waals surface area contributed by atoms with E-state index in [4.69, 9.17) is 28.9 Å². The molecule has 0 aromatic heterocycles. The van der Waals surface area contributed by atoms with Crippen molar-refractivity contribution in [3.63, 3.8) is 0 Å². The van der Waals surface area contributed by atoms with Gasteiger partial charge in [-0.2, -0.15) is 0 Å². The van der Waals surface area contributed by atoms with Crippen molar-refractivity contribution in [1.29, 1.82) is 0 Å². The third-order valence-corrected chi connectivity index (χ3v) is 4.90. The molecule has 1 saturated heterocycles. The maximum Gasteiger partial charge on any atom is 0.251 e. The number of halogens is 2. The maximum atomic E-state index is 12.2. The van der Waals surface area contributed by atoms with E-state index in [-0.39, 0.29) is 5.91 Å². The van der Waals surface area contributed by atoms with E-state index in [1.165, 1.54) is 12.8 Å². The van der Waals surface area contributed by atoms with E-state index in [0.717, 1.165) is 25.6 Å². The Morgan fingerprint density at radius 1 is 1.29 bits per heavy atom. The van der Waals surface area contributed by atoms with Gasteiger partial charge in [0.05, 0.1) is 15.7 Å². The van der Waals surface area contributed by atoms with Gasteiger partial charge in [0, 0.05) is 24.7 Å². The summed E-state index contributed by atoms with van der Waals surface area (Å²) in [6.45, 7) is 2.95. The summed E-state index contributed by atoms with van der Waals surface area (Å²) in [6, 6.07) is 3.92. The number of benzene rings is 1. The Labute approximate surface area is 134 Å². The van der Waals surface area contributed by atoms with Gasteiger partial charge in [0.2, 0.25) is 0 Å². The first kappa shape index (κ1) is 14.9. The minimum absolute atomic E-state index is 0.149. The molecule has 1 unspecified atom stereocenters. The first-order valence-corrected chi connectivity index (χ1v) is 8.07. The van der Waals surface area contributed by atoms with E-state index in [9.17, 15) is 4.79 Å². The molecule has 114 valence electrons. The van der Waals surface area contributed by atoms with E-state index in [2.05, 4.69) is 10.2 Å². The summed E-state index contributed by atoms with van der Waals surface area (Å²) in [7, 11) is 0. The molecule has 0 spiro atoms. The molecular weight excluding hydrogens is 309 g/mol.